The molecule has 16 heavy (non-hydrogen) atoms. The van der Waals surface area contributed by atoms with Crippen LogP contribution in [0.3, 0.4) is 0 Å². The van der Waals surface area contributed by atoms with E-state index in [2.05, 4.69) is 22.2 Å². The van der Waals surface area contributed by atoms with Gasteiger partial charge in [0.05, 0.1) is 0 Å². The molecular weight excluding hydrogens is 202 g/mol. The molecule has 0 amide bonds. The van der Waals surface area contributed by atoms with Crippen molar-refractivity contribution in [3.8, 4) is 0 Å². The van der Waals surface area contributed by atoms with Gasteiger partial charge >= 0.3 is 0 Å². The first-order valence-electron chi connectivity index (χ1n) is 5.99. The standard InChI is InChI=1S/C12H21N3O/c1-3-6-11-9-12(15-10-14-11)13-7-5-8-16-4-2/h9-10H,3-8H2,1-2H3,(H,13,14,15). The molecule has 0 aliphatic rings. The Morgan fingerprint density at radius 1 is 1.31 bits per heavy atom. The van der Waals surface area contributed by atoms with E-state index in [1.807, 2.05) is 13.0 Å². The third-order valence-corrected chi connectivity index (χ3v) is 2.21. The molecule has 1 heterocycles. The number of hydrogen-bond acceptors (Lipinski definition) is 4. The van der Waals surface area contributed by atoms with Gasteiger partial charge in [-0.15, -0.1) is 0 Å². The van der Waals surface area contributed by atoms with Gasteiger partial charge in [0.15, 0.2) is 0 Å². The lowest BCUT2D eigenvalue weighted by Crippen LogP contribution is -2.07. The number of aromatic nitrogens is 2. The summed E-state index contributed by atoms with van der Waals surface area (Å²) in [5, 5.41) is 3.27. The Morgan fingerprint density at radius 3 is 2.94 bits per heavy atom. The van der Waals surface area contributed by atoms with E-state index in [0.717, 1.165) is 50.5 Å². The van der Waals surface area contributed by atoms with E-state index >= 15 is 0 Å². The van der Waals surface area contributed by atoms with Crippen molar-refractivity contribution in [2.24, 2.45) is 0 Å². The largest absolute Gasteiger partial charge is 0.382 e. The van der Waals surface area contributed by atoms with Crippen LogP contribution in [0.25, 0.3) is 0 Å². The molecule has 1 rings (SSSR count). The van der Waals surface area contributed by atoms with Crippen LogP contribution in [0.1, 0.15) is 32.4 Å². The van der Waals surface area contributed by atoms with Crippen molar-refractivity contribution < 1.29 is 4.74 Å². The van der Waals surface area contributed by atoms with Crippen LogP contribution in [-0.2, 0) is 11.2 Å². The summed E-state index contributed by atoms with van der Waals surface area (Å²) in [7, 11) is 0. The summed E-state index contributed by atoms with van der Waals surface area (Å²) >= 11 is 0. The molecule has 0 aromatic carbocycles. The number of hydrogen-bond donors (Lipinski definition) is 1. The Hall–Kier alpha value is -1.16. The molecule has 0 aliphatic heterocycles. The summed E-state index contributed by atoms with van der Waals surface area (Å²) in [6.45, 7) is 6.64. The first-order chi connectivity index (χ1) is 7.86. The molecule has 1 aromatic rings. The van der Waals surface area contributed by atoms with Crippen molar-refractivity contribution in [3.05, 3.63) is 18.1 Å². The lowest BCUT2D eigenvalue weighted by molar-refractivity contribution is 0.147. The van der Waals surface area contributed by atoms with Gasteiger partial charge in [-0.05, 0) is 19.8 Å². The van der Waals surface area contributed by atoms with E-state index in [4.69, 9.17) is 4.74 Å². The summed E-state index contributed by atoms with van der Waals surface area (Å²) in [6, 6.07) is 2.02. The Labute approximate surface area is 97.5 Å². The van der Waals surface area contributed by atoms with Gasteiger partial charge in [-0.25, -0.2) is 9.97 Å². The summed E-state index contributed by atoms with van der Waals surface area (Å²) in [4.78, 5) is 8.39. The second kappa shape index (κ2) is 8.05. The lowest BCUT2D eigenvalue weighted by atomic mass is 10.2. The van der Waals surface area contributed by atoms with Crippen LogP contribution >= 0.6 is 0 Å². The predicted octanol–water partition coefficient (Wildman–Crippen LogP) is 2.27. The van der Waals surface area contributed by atoms with Crippen LogP contribution in [-0.4, -0.2) is 29.7 Å². The molecule has 1 N–H and O–H groups in total. The van der Waals surface area contributed by atoms with Crippen LogP contribution in [0.5, 0.6) is 0 Å². The van der Waals surface area contributed by atoms with Crippen molar-refractivity contribution in [2.45, 2.75) is 33.1 Å². The number of ether oxygens (including phenoxy) is 1. The van der Waals surface area contributed by atoms with E-state index < -0.39 is 0 Å². The van der Waals surface area contributed by atoms with Gasteiger partial charge in [0.1, 0.15) is 12.1 Å². The average Bonchev–Trinajstić information content (AvgIpc) is 2.30. The fourth-order valence-corrected chi connectivity index (χ4v) is 1.42. The minimum absolute atomic E-state index is 0.786. The molecule has 0 bridgehead atoms. The van der Waals surface area contributed by atoms with Crippen molar-refractivity contribution in [1.29, 1.82) is 0 Å². The van der Waals surface area contributed by atoms with Crippen LogP contribution in [0, 0.1) is 0 Å². The summed E-state index contributed by atoms with van der Waals surface area (Å²) < 4.78 is 5.26. The maximum atomic E-state index is 5.26. The van der Waals surface area contributed by atoms with Gasteiger partial charge in [0.2, 0.25) is 0 Å². The minimum atomic E-state index is 0.786. The monoisotopic (exact) mass is 223 g/mol. The smallest absolute Gasteiger partial charge is 0.129 e. The molecule has 0 saturated carbocycles. The van der Waals surface area contributed by atoms with Crippen LogP contribution < -0.4 is 5.32 Å². The maximum absolute atomic E-state index is 5.26. The van der Waals surface area contributed by atoms with Crippen LogP contribution in [0.15, 0.2) is 12.4 Å². The fourth-order valence-electron chi connectivity index (χ4n) is 1.42. The molecule has 0 radical (unpaired) electrons. The fraction of sp³-hybridized carbons (Fsp3) is 0.667. The summed E-state index contributed by atoms with van der Waals surface area (Å²) in [5.74, 6) is 0.912. The Balaban J connectivity index is 2.27. The van der Waals surface area contributed by atoms with E-state index in [-0.39, 0.29) is 0 Å². The summed E-state index contributed by atoms with van der Waals surface area (Å²) in [5.41, 5.74) is 1.10. The second-order valence-corrected chi connectivity index (χ2v) is 3.62. The molecule has 1 aromatic heterocycles. The lowest BCUT2D eigenvalue weighted by Gasteiger charge is -2.06. The Morgan fingerprint density at radius 2 is 2.19 bits per heavy atom. The highest BCUT2D eigenvalue weighted by molar-refractivity contribution is 5.34. The highest BCUT2D eigenvalue weighted by Gasteiger charge is 1.97. The van der Waals surface area contributed by atoms with Gasteiger partial charge in [0, 0.05) is 31.5 Å². The van der Waals surface area contributed by atoms with Gasteiger partial charge in [-0.2, -0.15) is 0 Å². The SMILES string of the molecule is CCCc1cc(NCCCOCC)ncn1. The molecule has 0 unspecified atom stereocenters. The van der Waals surface area contributed by atoms with Crippen molar-refractivity contribution in [1.82, 2.24) is 9.97 Å². The zero-order chi connectivity index (χ0) is 11.6. The Kier molecular flexibility index (Phi) is 6.49. The van der Waals surface area contributed by atoms with Gasteiger partial charge in [-0.3, -0.25) is 0 Å². The van der Waals surface area contributed by atoms with Crippen molar-refractivity contribution in [2.75, 3.05) is 25.1 Å². The van der Waals surface area contributed by atoms with Gasteiger partial charge < -0.3 is 10.1 Å². The molecule has 90 valence electrons. The van der Waals surface area contributed by atoms with Gasteiger partial charge in [-0.1, -0.05) is 13.3 Å². The first-order valence-corrected chi connectivity index (χ1v) is 5.99. The number of rotatable bonds is 8. The first kappa shape index (κ1) is 12.9. The third-order valence-electron chi connectivity index (χ3n) is 2.21. The zero-order valence-electron chi connectivity index (χ0n) is 10.2. The number of nitrogens with zero attached hydrogens (tertiary/aromatic N) is 2. The molecule has 0 spiro atoms. The van der Waals surface area contributed by atoms with Crippen molar-refractivity contribution >= 4 is 5.82 Å². The zero-order valence-corrected chi connectivity index (χ0v) is 10.2. The predicted molar refractivity (Wildman–Crippen MR) is 65.6 cm³/mol. The van der Waals surface area contributed by atoms with E-state index in [1.165, 1.54) is 0 Å². The molecule has 4 heteroatoms. The highest BCUT2D eigenvalue weighted by Crippen LogP contribution is 2.05. The van der Waals surface area contributed by atoms with E-state index in [1.54, 1.807) is 6.33 Å². The van der Waals surface area contributed by atoms with Gasteiger partial charge in [0.25, 0.3) is 0 Å². The molecule has 0 atom stereocenters. The van der Waals surface area contributed by atoms with E-state index in [9.17, 15) is 0 Å². The number of aryl methyl sites for hydroxylation is 1. The molecule has 0 saturated heterocycles. The topological polar surface area (TPSA) is 47.0 Å². The summed E-state index contributed by atoms with van der Waals surface area (Å²) in [6.07, 6.45) is 4.74. The number of nitrogens with one attached hydrogen (secondary N) is 1. The maximum Gasteiger partial charge on any atom is 0.129 e. The van der Waals surface area contributed by atoms with Crippen LogP contribution in [0.2, 0.25) is 0 Å². The average molecular weight is 223 g/mol. The normalized spacial score (nSPS) is 10.4. The minimum Gasteiger partial charge on any atom is -0.382 e. The molecule has 4 nitrogen and oxygen atoms in total. The second-order valence-electron chi connectivity index (χ2n) is 3.62. The molecule has 0 fully saturated rings. The Bertz CT molecular complexity index is 291. The number of anilines is 1. The quantitative estimate of drug-likeness (QED) is 0.687. The van der Waals surface area contributed by atoms with E-state index in [0.29, 0.717) is 0 Å². The van der Waals surface area contributed by atoms with Crippen LogP contribution in [0.4, 0.5) is 5.82 Å². The molecular formula is C12H21N3O. The third kappa shape index (κ3) is 5.07. The molecule has 0 aliphatic carbocycles. The van der Waals surface area contributed by atoms with Crippen molar-refractivity contribution in [3.63, 3.8) is 0 Å². The highest BCUT2D eigenvalue weighted by atomic mass is 16.5.